The summed E-state index contributed by atoms with van der Waals surface area (Å²) in [5.41, 5.74) is -0.184. The fourth-order valence-electron chi connectivity index (χ4n) is 2.76. The Bertz CT molecular complexity index is 736. The molecule has 1 unspecified atom stereocenters. The molecule has 1 N–H and O–H groups in total. The van der Waals surface area contributed by atoms with E-state index in [4.69, 9.17) is 9.47 Å². The fraction of sp³-hybridized carbons (Fsp3) is 0.550. The van der Waals surface area contributed by atoms with Crippen molar-refractivity contribution in [3.63, 3.8) is 0 Å². The summed E-state index contributed by atoms with van der Waals surface area (Å²) in [6.07, 6.45) is 0.189. The van der Waals surface area contributed by atoms with Crippen molar-refractivity contribution in [3.05, 3.63) is 24.3 Å². The molecular weight excluding hydrogens is 362 g/mol. The first-order valence-electron chi connectivity index (χ1n) is 9.25. The lowest BCUT2D eigenvalue weighted by Crippen LogP contribution is -2.47. The van der Waals surface area contributed by atoms with Crippen LogP contribution in [-0.4, -0.2) is 47.3 Å². The molecule has 1 aliphatic heterocycles. The molecule has 8 nitrogen and oxygen atoms in total. The molecule has 1 heterocycles. The van der Waals surface area contributed by atoms with Crippen LogP contribution < -0.4 is 10.3 Å². The highest BCUT2D eigenvalue weighted by atomic mass is 16.6. The summed E-state index contributed by atoms with van der Waals surface area (Å²) < 4.78 is 10.7. The highest BCUT2D eigenvalue weighted by Gasteiger charge is 2.37. The zero-order valence-corrected chi connectivity index (χ0v) is 17.3. The summed E-state index contributed by atoms with van der Waals surface area (Å²) in [5.74, 6) is 0. The van der Waals surface area contributed by atoms with Gasteiger partial charge in [-0.2, -0.15) is 0 Å². The van der Waals surface area contributed by atoms with E-state index in [0.717, 1.165) is 6.29 Å². The van der Waals surface area contributed by atoms with Crippen molar-refractivity contribution in [2.75, 3.05) is 16.9 Å². The number of benzene rings is 1. The van der Waals surface area contributed by atoms with Crippen LogP contribution in [0.4, 0.5) is 21.0 Å². The van der Waals surface area contributed by atoms with Crippen molar-refractivity contribution in [3.8, 4) is 0 Å². The number of anilines is 2. The number of hydrazine groups is 1. The van der Waals surface area contributed by atoms with E-state index in [-0.39, 0.29) is 0 Å². The first-order valence-corrected chi connectivity index (χ1v) is 9.25. The zero-order valence-electron chi connectivity index (χ0n) is 17.3. The molecule has 1 saturated heterocycles. The maximum atomic E-state index is 12.6. The minimum absolute atomic E-state index is 0.363. The Labute approximate surface area is 165 Å². The van der Waals surface area contributed by atoms with Crippen LogP contribution in [-0.2, 0) is 14.3 Å². The summed E-state index contributed by atoms with van der Waals surface area (Å²) >= 11 is 0. The van der Waals surface area contributed by atoms with Gasteiger partial charge in [0, 0.05) is 12.2 Å². The highest BCUT2D eigenvalue weighted by Crippen LogP contribution is 2.29. The van der Waals surface area contributed by atoms with Crippen molar-refractivity contribution in [1.82, 2.24) is 5.01 Å². The van der Waals surface area contributed by atoms with Crippen LogP contribution in [0.5, 0.6) is 0 Å². The van der Waals surface area contributed by atoms with Crippen molar-refractivity contribution in [2.45, 2.75) is 65.2 Å². The zero-order chi connectivity index (χ0) is 21.1. The third-order valence-corrected chi connectivity index (χ3v) is 3.73. The standard InChI is InChI=1S/C20H29N3O5/c1-19(2,3)27-17(25)21-14-8-7-9-15(12-14)23-16(13-24)10-11-22(23)18(26)28-20(4,5)6/h7-9,12-13,16H,10-11H2,1-6H3,(H,21,25). The SMILES string of the molecule is CC(C)(C)OC(=O)Nc1cccc(N2C(C=O)CCN2C(=O)OC(C)(C)C)c1. The minimum Gasteiger partial charge on any atom is -0.444 e. The average Bonchev–Trinajstić information content (AvgIpc) is 2.95. The molecule has 154 valence electrons. The number of ether oxygens (including phenoxy) is 2. The number of hydrogen-bond donors (Lipinski definition) is 1. The van der Waals surface area contributed by atoms with Crippen LogP contribution in [0.25, 0.3) is 0 Å². The molecule has 8 heteroatoms. The van der Waals surface area contributed by atoms with Gasteiger partial charge in [0.15, 0.2) is 0 Å². The second-order valence-electron chi connectivity index (χ2n) is 8.62. The smallest absolute Gasteiger partial charge is 0.429 e. The number of amides is 2. The number of nitrogens with zero attached hydrogens (tertiary/aromatic N) is 2. The highest BCUT2D eigenvalue weighted by molar-refractivity contribution is 5.86. The third-order valence-electron chi connectivity index (χ3n) is 3.73. The Hall–Kier alpha value is -2.77. The summed E-state index contributed by atoms with van der Waals surface area (Å²) in [4.78, 5) is 36.2. The molecule has 2 rings (SSSR count). The van der Waals surface area contributed by atoms with Crippen molar-refractivity contribution < 1.29 is 23.9 Å². The second-order valence-corrected chi connectivity index (χ2v) is 8.62. The normalized spacial score (nSPS) is 17.3. The van der Waals surface area contributed by atoms with E-state index < -0.39 is 29.4 Å². The molecule has 0 radical (unpaired) electrons. The van der Waals surface area contributed by atoms with Gasteiger partial charge in [-0.25, -0.2) is 14.6 Å². The molecule has 0 bridgehead atoms. The third kappa shape index (κ3) is 5.87. The van der Waals surface area contributed by atoms with Gasteiger partial charge in [-0.15, -0.1) is 0 Å². The number of rotatable bonds is 3. The molecule has 0 saturated carbocycles. The summed E-state index contributed by atoms with van der Waals surface area (Å²) in [6.45, 7) is 11.1. The predicted molar refractivity (Wildman–Crippen MR) is 106 cm³/mol. The Morgan fingerprint density at radius 1 is 1.11 bits per heavy atom. The predicted octanol–water partition coefficient (Wildman–Crippen LogP) is 3.96. The number of hydrogen-bond acceptors (Lipinski definition) is 6. The van der Waals surface area contributed by atoms with E-state index in [1.165, 1.54) is 5.01 Å². The van der Waals surface area contributed by atoms with E-state index >= 15 is 0 Å². The van der Waals surface area contributed by atoms with E-state index in [1.54, 1.807) is 70.8 Å². The van der Waals surface area contributed by atoms with Gasteiger partial charge >= 0.3 is 12.2 Å². The van der Waals surface area contributed by atoms with Crippen molar-refractivity contribution >= 4 is 29.8 Å². The van der Waals surface area contributed by atoms with Gasteiger partial charge in [0.05, 0.1) is 5.69 Å². The van der Waals surface area contributed by atoms with Gasteiger partial charge in [-0.05, 0) is 66.2 Å². The van der Waals surface area contributed by atoms with Gasteiger partial charge < -0.3 is 14.3 Å². The maximum absolute atomic E-state index is 12.6. The Morgan fingerprint density at radius 3 is 2.32 bits per heavy atom. The number of carbonyl (C=O) groups is 3. The van der Waals surface area contributed by atoms with Gasteiger partial charge in [-0.1, -0.05) is 6.07 Å². The van der Waals surface area contributed by atoms with Gasteiger partial charge in [0.25, 0.3) is 0 Å². The number of nitrogens with one attached hydrogen (secondary N) is 1. The molecule has 2 amide bonds. The summed E-state index contributed by atoms with van der Waals surface area (Å²) in [6, 6.07) is 6.39. The summed E-state index contributed by atoms with van der Waals surface area (Å²) in [7, 11) is 0. The average molecular weight is 391 g/mol. The van der Waals surface area contributed by atoms with Crippen molar-refractivity contribution in [2.24, 2.45) is 0 Å². The van der Waals surface area contributed by atoms with Gasteiger partial charge in [0.1, 0.15) is 23.5 Å². The molecule has 1 aromatic carbocycles. The van der Waals surface area contributed by atoms with E-state index in [1.807, 2.05) is 0 Å². The monoisotopic (exact) mass is 391 g/mol. The first kappa shape index (κ1) is 21.5. The molecule has 1 atom stereocenters. The van der Waals surface area contributed by atoms with Crippen LogP contribution in [0.15, 0.2) is 24.3 Å². The number of aldehydes is 1. The Kier molecular flexibility index (Phi) is 6.21. The molecular formula is C20H29N3O5. The second kappa shape index (κ2) is 8.08. The molecule has 28 heavy (non-hydrogen) atoms. The molecule has 0 aromatic heterocycles. The van der Waals surface area contributed by atoms with E-state index in [9.17, 15) is 14.4 Å². The van der Waals surface area contributed by atoms with Crippen LogP contribution in [0.1, 0.15) is 48.0 Å². The van der Waals surface area contributed by atoms with Crippen molar-refractivity contribution in [1.29, 1.82) is 0 Å². The Balaban J connectivity index is 2.23. The topological polar surface area (TPSA) is 88.2 Å². The lowest BCUT2D eigenvalue weighted by atomic mass is 10.2. The van der Waals surface area contributed by atoms with Crippen LogP contribution in [0.2, 0.25) is 0 Å². The fourth-order valence-corrected chi connectivity index (χ4v) is 2.76. The van der Waals surface area contributed by atoms with E-state index in [2.05, 4.69) is 5.32 Å². The summed E-state index contributed by atoms with van der Waals surface area (Å²) in [5, 5.41) is 5.68. The quantitative estimate of drug-likeness (QED) is 0.785. The Morgan fingerprint density at radius 2 is 1.75 bits per heavy atom. The molecule has 0 spiro atoms. The van der Waals surface area contributed by atoms with Crippen LogP contribution in [0.3, 0.4) is 0 Å². The van der Waals surface area contributed by atoms with E-state index in [0.29, 0.717) is 24.3 Å². The number of carbonyl (C=O) groups excluding carboxylic acids is 3. The molecule has 1 aliphatic rings. The van der Waals surface area contributed by atoms with Gasteiger partial charge in [0.2, 0.25) is 0 Å². The molecule has 1 fully saturated rings. The van der Waals surface area contributed by atoms with Gasteiger partial charge in [-0.3, -0.25) is 10.3 Å². The lowest BCUT2D eigenvalue weighted by Gasteiger charge is -2.33. The maximum Gasteiger partial charge on any atom is 0.429 e. The lowest BCUT2D eigenvalue weighted by molar-refractivity contribution is -0.108. The molecule has 0 aliphatic carbocycles. The van der Waals surface area contributed by atoms with Crippen LogP contribution >= 0.6 is 0 Å². The first-order chi connectivity index (χ1) is 12.9. The largest absolute Gasteiger partial charge is 0.444 e. The molecule has 1 aromatic rings. The minimum atomic E-state index is -0.651. The van der Waals surface area contributed by atoms with Crippen LogP contribution in [0, 0.1) is 0 Å².